The van der Waals surface area contributed by atoms with Crippen LogP contribution < -0.4 is 0 Å². The summed E-state index contributed by atoms with van der Waals surface area (Å²) in [5.74, 6) is 0.605. The fraction of sp³-hybridized carbons (Fsp3) is 0.696. The maximum atomic E-state index is 12.7. The first kappa shape index (κ1) is 20.8. The first-order valence-corrected chi connectivity index (χ1v) is 10.7. The van der Waals surface area contributed by atoms with Crippen molar-refractivity contribution in [1.29, 1.82) is 0 Å². The summed E-state index contributed by atoms with van der Waals surface area (Å²) in [6.07, 6.45) is 2.87. The van der Waals surface area contributed by atoms with Gasteiger partial charge in [-0.25, -0.2) is 14.6 Å². The molecular formula is C23H32O6. The van der Waals surface area contributed by atoms with Crippen molar-refractivity contribution in [3.8, 4) is 0 Å². The molecular weight excluding hydrogens is 372 g/mol. The Morgan fingerprint density at radius 2 is 1.86 bits per heavy atom. The number of benzene rings is 1. The molecule has 0 amide bonds. The van der Waals surface area contributed by atoms with Gasteiger partial charge in [0.25, 0.3) is 0 Å². The van der Waals surface area contributed by atoms with Crippen molar-refractivity contribution in [2.24, 2.45) is 29.6 Å². The van der Waals surface area contributed by atoms with E-state index in [-0.39, 0.29) is 17.8 Å². The topological polar surface area (TPSA) is 63.2 Å². The van der Waals surface area contributed by atoms with E-state index in [0.717, 1.165) is 19.3 Å². The predicted molar refractivity (Wildman–Crippen MR) is 105 cm³/mol. The van der Waals surface area contributed by atoms with Crippen molar-refractivity contribution in [2.45, 2.75) is 64.8 Å². The largest absolute Gasteiger partial charge is 0.432 e. The number of esters is 1. The molecule has 0 aromatic heterocycles. The van der Waals surface area contributed by atoms with E-state index >= 15 is 0 Å². The van der Waals surface area contributed by atoms with Gasteiger partial charge in [0.1, 0.15) is 0 Å². The monoisotopic (exact) mass is 404 g/mol. The minimum absolute atomic E-state index is 0.107. The van der Waals surface area contributed by atoms with Gasteiger partial charge in [0.2, 0.25) is 12.1 Å². The van der Waals surface area contributed by atoms with Crippen LogP contribution in [-0.2, 0) is 24.0 Å². The molecule has 3 fully saturated rings. The smallest absolute Gasteiger partial charge is 0.340 e. The third-order valence-corrected chi connectivity index (χ3v) is 7.15. The summed E-state index contributed by atoms with van der Waals surface area (Å²) >= 11 is 0. The maximum absolute atomic E-state index is 12.7. The first-order chi connectivity index (χ1) is 13.9. The normalized spacial score (nSPS) is 41.9. The van der Waals surface area contributed by atoms with Crippen LogP contribution in [-0.4, -0.2) is 31.4 Å². The highest BCUT2D eigenvalue weighted by Gasteiger charge is 2.55. The van der Waals surface area contributed by atoms with Gasteiger partial charge in [-0.2, -0.15) is 0 Å². The standard InChI is InChI=1S/C23H32O6/c1-14-10-11-18-15(2)21(26-20(24)16-8-6-5-7-9-16)27-22-19(18)17(14)12-13-23(3,28-22)29-25-4/h5-9,14-15,17-19,21-22H,10-13H2,1-4H3/t14-,15-,17?,18+,19?,21-,22-,23+/m1/s1. The minimum atomic E-state index is -0.879. The summed E-state index contributed by atoms with van der Waals surface area (Å²) in [5, 5.41) is 0. The van der Waals surface area contributed by atoms with Gasteiger partial charge >= 0.3 is 5.97 Å². The molecule has 0 bridgehead atoms. The van der Waals surface area contributed by atoms with Crippen molar-refractivity contribution in [3.63, 3.8) is 0 Å². The molecule has 3 aliphatic rings. The average Bonchev–Trinajstić information content (AvgIpc) is 2.85. The number of ether oxygens (including phenoxy) is 3. The lowest BCUT2D eigenvalue weighted by atomic mass is 9.61. The molecule has 6 heteroatoms. The maximum Gasteiger partial charge on any atom is 0.340 e. The van der Waals surface area contributed by atoms with Crippen molar-refractivity contribution in [2.75, 3.05) is 7.11 Å². The Labute approximate surface area is 172 Å². The van der Waals surface area contributed by atoms with Gasteiger partial charge < -0.3 is 14.2 Å². The number of carbonyl (C=O) groups is 1. The molecule has 1 aromatic carbocycles. The lowest BCUT2D eigenvalue weighted by molar-refractivity contribution is -0.450. The zero-order valence-corrected chi connectivity index (χ0v) is 17.7. The summed E-state index contributed by atoms with van der Waals surface area (Å²) < 4.78 is 18.4. The molecule has 0 spiro atoms. The van der Waals surface area contributed by atoms with E-state index < -0.39 is 18.4 Å². The summed E-state index contributed by atoms with van der Waals surface area (Å²) in [7, 11) is 1.49. The highest BCUT2D eigenvalue weighted by atomic mass is 17.2. The van der Waals surface area contributed by atoms with Gasteiger partial charge in [-0.1, -0.05) is 38.5 Å². The van der Waals surface area contributed by atoms with Crippen LogP contribution in [0.2, 0.25) is 0 Å². The highest BCUT2D eigenvalue weighted by molar-refractivity contribution is 5.89. The fourth-order valence-electron chi connectivity index (χ4n) is 5.56. The van der Waals surface area contributed by atoms with E-state index in [1.807, 2.05) is 25.1 Å². The molecule has 1 aromatic rings. The fourth-order valence-corrected chi connectivity index (χ4v) is 5.56. The van der Waals surface area contributed by atoms with Crippen molar-refractivity contribution < 1.29 is 28.8 Å². The number of rotatable bonds is 4. The zero-order chi connectivity index (χ0) is 20.6. The summed E-state index contributed by atoms with van der Waals surface area (Å²) in [5.41, 5.74) is 0.523. The molecule has 160 valence electrons. The molecule has 2 heterocycles. The third kappa shape index (κ3) is 4.08. The average molecular weight is 405 g/mol. The van der Waals surface area contributed by atoms with E-state index in [1.165, 1.54) is 13.5 Å². The lowest BCUT2D eigenvalue weighted by Gasteiger charge is -2.51. The number of hydrogen-bond donors (Lipinski definition) is 0. The van der Waals surface area contributed by atoms with Gasteiger partial charge in [-0.3, -0.25) is 0 Å². The van der Waals surface area contributed by atoms with Crippen LogP contribution in [0, 0.1) is 29.6 Å². The van der Waals surface area contributed by atoms with E-state index in [9.17, 15) is 4.79 Å². The molecule has 2 unspecified atom stereocenters. The molecule has 0 radical (unpaired) electrons. The van der Waals surface area contributed by atoms with Gasteiger partial charge in [0.15, 0.2) is 6.29 Å². The molecule has 1 aliphatic carbocycles. The van der Waals surface area contributed by atoms with Crippen LogP contribution in [0.25, 0.3) is 0 Å². The van der Waals surface area contributed by atoms with Gasteiger partial charge in [0.05, 0.1) is 12.7 Å². The Morgan fingerprint density at radius 1 is 1.10 bits per heavy atom. The molecule has 0 N–H and O–H groups in total. The third-order valence-electron chi connectivity index (χ3n) is 7.15. The van der Waals surface area contributed by atoms with E-state index in [2.05, 4.69) is 13.8 Å². The SMILES string of the molecule is COO[C@@]1(C)CCC2C3[C@H](O[C@@H](OC(=O)c4ccccc4)[C@H](C)[C@@H]3CC[C@H]2C)O1. The van der Waals surface area contributed by atoms with E-state index in [1.54, 1.807) is 12.1 Å². The van der Waals surface area contributed by atoms with Crippen LogP contribution in [0.3, 0.4) is 0 Å². The summed E-state index contributed by atoms with van der Waals surface area (Å²) in [6.45, 7) is 6.34. The predicted octanol–water partition coefficient (Wildman–Crippen LogP) is 4.55. The molecule has 2 aliphatic heterocycles. The van der Waals surface area contributed by atoms with Crippen molar-refractivity contribution in [1.82, 2.24) is 0 Å². The molecule has 1 saturated carbocycles. The zero-order valence-electron chi connectivity index (χ0n) is 17.7. The van der Waals surface area contributed by atoms with Crippen LogP contribution in [0.4, 0.5) is 0 Å². The van der Waals surface area contributed by atoms with Crippen LogP contribution in [0.5, 0.6) is 0 Å². The minimum Gasteiger partial charge on any atom is -0.432 e. The number of hydrogen-bond acceptors (Lipinski definition) is 6. The lowest BCUT2D eigenvalue weighted by Crippen LogP contribution is -2.54. The molecule has 29 heavy (non-hydrogen) atoms. The molecule has 2 saturated heterocycles. The Balaban J connectivity index is 1.58. The number of carbonyl (C=O) groups excluding carboxylic acids is 1. The van der Waals surface area contributed by atoms with Gasteiger partial charge in [0, 0.05) is 18.3 Å². The van der Waals surface area contributed by atoms with Crippen molar-refractivity contribution in [3.05, 3.63) is 35.9 Å². The Morgan fingerprint density at radius 3 is 2.59 bits per heavy atom. The van der Waals surface area contributed by atoms with E-state index in [4.69, 9.17) is 24.0 Å². The Kier molecular flexibility index (Phi) is 5.98. The Bertz CT molecular complexity index is 709. The highest BCUT2D eigenvalue weighted by Crippen LogP contribution is 2.53. The van der Waals surface area contributed by atoms with Gasteiger partial charge in [-0.05, 0) is 49.7 Å². The quantitative estimate of drug-likeness (QED) is 0.417. The molecule has 8 atom stereocenters. The van der Waals surface area contributed by atoms with Crippen LogP contribution >= 0.6 is 0 Å². The first-order valence-electron chi connectivity index (χ1n) is 10.7. The second kappa shape index (κ2) is 8.34. The summed E-state index contributed by atoms with van der Waals surface area (Å²) in [4.78, 5) is 23.1. The molecule has 4 rings (SSSR count). The second-order valence-corrected chi connectivity index (χ2v) is 9.00. The van der Waals surface area contributed by atoms with Crippen LogP contribution in [0.1, 0.15) is 56.8 Å². The van der Waals surface area contributed by atoms with Crippen LogP contribution in [0.15, 0.2) is 30.3 Å². The summed E-state index contributed by atoms with van der Waals surface area (Å²) in [6, 6.07) is 9.03. The van der Waals surface area contributed by atoms with E-state index in [0.29, 0.717) is 23.3 Å². The second-order valence-electron chi connectivity index (χ2n) is 9.00. The molecule has 6 nitrogen and oxygen atoms in total. The Hall–Kier alpha value is -1.47. The van der Waals surface area contributed by atoms with Gasteiger partial charge in [-0.15, -0.1) is 0 Å². The van der Waals surface area contributed by atoms with Crippen molar-refractivity contribution >= 4 is 5.97 Å².